The van der Waals surface area contributed by atoms with Crippen molar-refractivity contribution in [2.45, 2.75) is 18.9 Å². The quantitative estimate of drug-likeness (QED) is 0.522. The Morgan fingerprint density at radius 1 is 1.04 bits per heavy atom. The molecular weight excluding hydrogens is 370 g/mol. The van der Waals surface area contributed by atoms with E-state index in [1.165, 1.54) is 6.07 Å². The van der Waals surface area contributed by atoms with Gasteiger partial charge in [-0.2, -0.15) is 0 Å². The molecule has 0 spiro atoms. The maximum Gasteiger partial charge on any atom is 0.167 e. The molecule has 0 bridgehead atoms. The minimum Gasteiger partial charge on any atom is -0.482 e. The normalized spacial score (nSPS) is 18.1. The fourth-order valence-electron chi connectivity index (χ4n) is 3.63. The summed E-state index contributed by atoms with van der Waals surface area (Å²) in [6.07, 6.45) is 0.913. The average Bonchev–Trinajstić information content (AvgIpc) is 3.03. The van der Waals surface area contributed by atoms with E-state index in [9.17, 15) is 13.6 Å². The van der Waals surface area contributed by atoms with Crippen LogP contribution in [0.15, 0.2) is 54.6 Å². The lowest BCUT2D eigenvalue weighted by Gasteiger charge is -2.24. The summed E-state index contributed by atoms with van der Waals surface area (Å²) in [6, 6.07) is 15.1. The Morgan fingerprint density at radius 3 is 2.48 bits per heavy atom. The van der Waals surface area contributed by atoms with Gasteiger partial charge in [0, 0.05) is 33.7 Å². The molecule has 27 heavy (non-hydrogen) atoms. The molecule has 0 aromatic heterocycles. The second-order valence-electron chi connectivity index (χ2n) is 6.72. The fourth-order valence-corrected chi connectivity index (χ4v) is 3.90. The lowest BCUT2D eigenvalue weighted by molar-refractivity contribution is 0.112. The van der Waals surface area contributed by atoms with Gasteiger partial charge in [0.25, 0.3) is 0 Å². The number of carbonyl (C=O) groups is 1. The number of fused-ring (bicyclic) bond motifs is 1. The summed E-state index contributed by atoms with van der Waals surface area (Å²) in [5.74, 6) is -1.58. The van der Waals surface area contributed by atoms with Crippen molar-refractivity contribution in [3.05, 3.63) is 87.9 Å². The third-order valence-electron chi connectivity index (χ3n) is 4.96. The lowest BCUT2D eigenvalue weighted by atomic mass is 9.87. The second kappa shape index (κ2) is 6.46. The molecule has 0 amide bonds. The highest BCUT2D eigenvalue weighted by Gasteiger charge is 2.39. The van der Waals surface area contributed by atoms with Gasteiger partial charge in [-0.3, -0.25) is 4.79 Å². The van der Waals surface area contributed by atoms with Crippen molar-refractivity contribution in [2.24, 2.45) is 0 Å². The largest absolute Gasteiger partial charge is 0.482 e. The van der Waals surface area contributed by atoms with Crippen LogP contribution in [0.3, 0.4) is 0 Å². The number of aldehydes is 1. The number of benzene rings is 3. The minimum absolute atomic E-state index is 0.0394. The van der Waals surface area contributed by atoms with Crippen molar-refractivity contribution in [1.82, 2.24) is 0 Å². The van der Waals surface area contributed by atoms with Crippen LogP contribution in [0, 0.1) is 11.6 Å². The lowest BCUT2D eigenvalue weighted by Crippen LogP contribution is -2.26. The van der Waals surface area contributed by atoms with Crippen LogP contribution in [0.5, 0.6) is 5.75 Å². The Balaban J connectivity index is 1.93. The summed E-state index contributed by atoms with van der Waals surface area (Å²) >= 11 is 6.37. The van der Waals surface area contributed by atoms with Crippen molar-refractivity contribution in [2.75, 3.05) is 0 Å². The molecule has 0 aliphatic carbocycles. The molecule has 1 aliphatic rings. The van der Waals surface area contributed by atoms with E-state index in [0.717, 1.165) is 11.6 Å². The third-order valence-corrected chi connectivity index (χ3v) is 5.27. The van der Waals surface area contributed by atoms with Crippen LogP contribution in [0.1, 0.15) is 28.4 Å². The van der Waals surface area contributed by atoms with Gasteiger partial charge in [0.15, 0.2) is 17.9 Å². The van der Waals surface area contributed by atoms with Gasteiger partial charge in [0.1, 0.15) is 11.4 Å². The molecule has 3 aromatic carbocycles. The first-order chi connectivity index (χ1) is 12.9. The Hall–Kier alpha value is -2.72. The maximum absolute atomic E-state index is 14.7. The van der Waals surface area contributed by atoms with Crippen molar-refractivity contribution in [3.63, 3.8) is 0 Å². The molecule has 1 atom stereocenters. The summed E-state index contributed by atoms with van der Waals surface area (Å²) in [7, 11) is 0. The van der Waals surface area contributed by atoms with E-state index in [0.29, 0.717) is 29.6 Å². The topological polar surface area (TPSA) is 26.3 Å². The Morgan fingerprint density at radius 2 is 1.78 bits per heavy atom. The van der Waals surface area contributed by atoms with E-state index in [1.54, 1.807) is 12.1 Å². The number of rotatable bonds is 3. The van der Waals surface area contributed by atoms with Crippen LogP contribution in [0.25, 0.3) is 11.1 Å². The molecule has 3 aromatic rings. The first-order valence-corrected chi connectivity index (χ1v) is 8.82. The molecule has 0 radical (unpaired) electrons. The Kier molecular flexibility index (Phi) is 4.23. The molecule has 0 unspecified atom stereocenters. The highest BCUT2D eigenvalue weighted by molar-refractivity contribution is 6.33. The van der Waals surface area contributed by atoms with Gasteiger partial charge in [-0.25, -0.2) is 8.78 Å². The van der Waals surface area contributed by atoms with Gasteiger partial charge in [0.2, 0.25) is 0 Å². The predicted molar refractivity (Wildman–Crippen MR) is 100 cm³/mol. The van der Waals surface area contributed by atoms with Crippen LogP contribution >= 0.6 is 11.6 Å². The van der Waals surface area contributed by atoms with E-state index in [4.69, 9.17) is 16.3 Å². The van der Waals surface area contributed by atoms with Crippen LogP contribution in [-0.2, 0) is 12.0 Å². The fraction of sp³-hybridized carbons (Fsp3) is 0.136. The zero-order valence-corrected chi connectivity index (χ0v) is 15.2. The standard InChI is InChI=1S/C22H15ClF2O2/c1-22(14-5-3-2-4-6-14)11-15-18(27-22)10-8-16(23)20(15)19-13(12-26)7-9-17(24)21(19)25/h2-10,12H,11H2,1H3/t22-/m0/s1. The van der Waals surface area contributed by atoms with Gasteiger partial charge in [-0.1, -0.05) is 41.9 Å². The van der Waals surface area contributed by atoms with Gasteiger partial charge in [-0.15, -0.1) is 0 Å². The van der Waals surface area contributed by atoms with Crippen molar-refractivity contribution in [3.8, 4) is 16.9 Å². The molecule has 1 heterocycles. The summed E-state index contributed by atoms with van der Waals surface area (Å²) in [5, 5.41) is 0.238. The highest BCUT2D eigenvalue weighted by atomic mass is 35.5. The molecule has 0 N–H and O–H groups in total. The average molecular weight is 385 g/mol. The molecule has 5 heteroatoms. The van der Waals surface area contributed by atoms with E-state index < -0.39 is 17.2 Å². The van der Waals surface area contributed by atoms with Crippen LogP contribution in [0.4, 0.5) is 8.78 Å². The molecule has 0 saturated carbocycles. The van der Waals surface area contributed by atoms with Crippen LogP contribution in [0.2, 0.25) is 5.02 Å². The Bertz CT molecular complexity index is 1050. The smallest absolute Gasteiger partial charge is 0.167 e. The first-order valence-electron chi connectivity index (χ1n) is 8.44. The summed E-state index contributed by atoms with van der Waals surface area (Å²) < 4.78 is 34.8. The molecule has 0 saturated heterocycles. The van der Waals surface area contributed by atoms with Crippen molar-refractivity contribution in [1.29, 1.82) is 0 Å². The van der Waals surface area contributed by atoms with Crippen molar-refractivity contribution < 1.29 is 18.3 Å². The molecule has 0 fully saturated rings. The number of carbonyl (C=O) groups excluding carboxylic acids is 1. The molecule has 4 rings (SSSR count). The van der Waals surface area contributed by atoms with Gasteiger partial charge in [-0.05, 0) is 36.8 Å². The highest BCUT2D eigenvalue weighted by Crippen LogP contribution is 2.48. The van der Waals surface area contributed by atoms with Crippen LogP contribution in [-0.4, -0.2) is 6.29 Å². The summed E-state index contributed by atoms with van der Waals surface area (Å²) in [6.45, 7) is 1.93. The first kappa shape index (κ1) is 17.7. The summed E-state index contributed by atoms with van der Waals surface area (Å²) in [4.78, 5) is 11.5. The summed E-state index contributed by atoms with van der Waals surface area (Å²) in [5.41, 5.74) is 1.15. The number of hydrogen-bond acceptors (Lipinski definition) is 2. The van der Waals surface area contributed by atoms with E-state index in [1.807, 2.05) is 37.3 Å². The van der Waals surface area contributed by atoms with Crippen LogP contribution < -0.4 is 4.74 Å². The Labute approximate surface area is 160 Å². The molecule has 136 valence electrons. The van der Waals surface area contributed by atoms with Gasteiger partial charge >= 0.3 is 0 Å². The molecule has 2 nitrogen and oxygen atoms in total. The maximum atomic E-state index is 14.7. The second-order valence-corrected chi connectivity index (χ2v) is 7.13. The molecule has 1 aliphatic heterocycles. The van der Waals surface area contributed by atoms with Crippen molar-refractivity contribution >= 4 is 17.9 Å². The zero-order valence-electron chi connectivity index (χ0n) is 14.4. The van der Waals surface area contributed by atoms with E-state index in [-0.39, 0.29) is 16.1 Å². The minimum atomic E-state index is -1.09. The van der Waals surface area contributed by atoms with E-state index >= 15 is 0 Å². The zero-order chi connectivity index (χ0) is 19.2. The number of ether oxygens (including phenoxy) is 1. The number of halogens is 3. The number of hydrogen-bond donors (Lipinski definition) is 0. The monoisotopic (exact) mass is 384 g/mol. The van der Waals surface area contributed by atoms with Gasteiger partial charge < -0.3 is 4.74 Å². The molecular formula is C22H15ClF2O2. The third kappa shape index (κ3) is 2.81. The van der Waals surface area contributed by atoms with E-state index in [2.05, 4.69) is 0 Å². The predicted octanol–water partition coefficient (Wildman–Crippen LogP) is 5.95. The SMILES string of the molecule is C[C@@]1(c2ccccc2)Cc2c(ccc(Cl)c2-c2c(C=O)ccc(F)c2F)O1. The van der Waals surface area contributed by atoms with Gasteiger partial charge in [0.05, 0.1) is 0 Å².